The molecule has 4 N–H and O–H groups in total. The van der Waals surface area contributed by atoms with Crippen molar-refractivity contribution in [2.24, 2.45) is 5.84 Å². The number of nitrogens with two attached hydrogens (primary N) is 1. The highest BCUT2D eigenvalue weighted by Crippen LogP contribution is 2.12. The number of hydrogen-bond donors (Lipinski definition) is 3. The summed E-state index contributed by atoms with van der Waals surface area (Å²) in [6.45, 7) is 0.430. The molecule has 1 aromatic carbocycles. The number of carbonyl (C=O) groups excluding carboxylic acids is 1. The van der Waals surface area contributed by atoms with Crippen LogP contribution in [-0.2, 0) is 11.2 Å². The Bertz CT molecular complexity index is 325. The molecule has 0 aliphatic carbocycles. The van der Waals surface area contributed by atoms with Gasteiger partial charge in [0.1, 0.15) is 5.75 Å². The lowest BCUT2D eigenvalue weighted by Crippen LogP contribution is -2.31. The highest BCUT2D eigenvalue weighted by Gasteiger charge is 1.99. The van der Waals surface area contributed by atoms with Gasteiger partial charge in [-0.1, -0.05) is 12.1 Å². The Hall–Kier alpha value is -1.59. The van der Waals surface area contributed by atoms with E-state index in [0.717, 1.165) is 5.56 Å². The number of hydrogen-bond acceptors (Lipinski definition) is 4. The number of carbonyl (C=O) groups is 1. The van der Waals surface area contributed by atoms with E-state index in [1.54, 1.807) is 0 Å². The van der Waals surface area contributed by atoms with Crippen molar-refractivity contribution in [3.8, 4) is 5.75 Å². The second-order valence-corrected chi connectivity index (χ2v) is 3.28. The van der Waals surface area contributed by atoms with Crippen molar-refractivity contribution < 1.29 is 14.6 Å². The largest absolute Gasteiger partial charge is 0.493 e. The van der Waals surface area contributed by atoms with Crippen LogP contribution in [0.25, 0.3) is 0 Å². The summed E-state index contributed by atoms with van der Waals surface area (Å²) >= 11 is 0. The Kier molecular flexibility index (Phi) is 5.31. The summed E-state index contributed by atoms with van der Waals surface area (Å²) in [5.41, 5.74) is 3.08. The number of aliphatic hydroxyl groups is 1. The third kappa shape index (κ3) is 4.29. The smallest absolute Gasteiger partial charge is 0.237 e. The third-order valence-corrected chi connectivity index (χ3v) is 2.08. The van der Waals surface area contributed by atoms with Crippen molar-refractivity contribution in [3.05, 3.63) is 29.8 Å². The first kappa shape index (κ1) is 12.5. The number of rotatable bonds is 6. The zero-order chi connectivity index (χ0) is 11.8. The van der Waals surface area contributed by atoms with Crippen LogP contribution in [0.3, 0.4) is 0 Å². The number of aliphatic hydroxyl groups excluding tert-OH is 1. The maximum atomic E-state index is 10.8. The molecule has 1 amide bonds. The van der Waals surface area contributed by atoms with Crippen LogP contribution >= 0.6 is 0 Å². The molecule has 0 fully saturated rings. The molecule has 0 saturated carbocycles. The molecule has 5 heteroatoms. The van der Waals surface area contributed by atoms with Gasteiger partial charge in [-0.3, -0.25) is 10.2 Å². The molecule has 0 radical (unpaired) electrons. The highest BCUT2D eigenvalue weighted by molar-refractivity contribution is 5.75. The summed E-state index contributed by atoms with van der Waals surface area (Å²) in [6, 6.07) is 7.39. The molecule has 0 heterocycles. The minimum Gasteiger partial charge on any atom is -0.493 e. The van der Waals surface area contributed by atoms with E-state index in [-0.39, 0.29) is 18.9 Å². The van der Waals surface area contributed by atoms with E-state index in [2.05, 4.69) is 0 Å². The van der Waals surface area contributed by atoms with Crippen molar-refractivity contribution in [1.82, 2.24) is 5.43 Å². The Morgan fingerprint density at radius 3 is 2.62 bits per heavy atom. The average Bonchev–Trinajstić information content (AvgIpc) is 2.31. The van der Waals surface area contributed by atoms with Gasteiger partial charge < -0.3 is 9.84 Å². The second-order valence-electron chi connectivity index (χ2n) is 3.28. The zero-order valence-electron chi connectivity index (χ0n) is 8.98. The van der Waals surface area contributed by atoms with Gasteiger partial charge in [-0.15, -0.1) is 0 Å². The van der Waals surface area contributed by atoms with Crippen LogP contribution in [-0.4, -0.2) is 24.2 Å². The lowest BCUT2D eigenvalue weighted by molar-refractivity contribution is -0.121. The van der Waals surface area contributed by atoms with Crippen molar-refractivity contribution >= 4 is 5.91 Å². The van der Waals surface area contributed by atoms with E-state index in [0.29, 0.717) is 18.8 Å². The van der Waals surface area contributed by atoms with Gasteiger partial charge in [-0.2, -0.15) is 0 Å². The van der Waals surface area contributed by atoms with Gasteiger partial charge >= 0.3 is 0 Å². The molecule has 0 aliphatic heterocycles. The summed E-state index contributed by atoms with van der Waals surface area (Å²) in [5.74, 6) is 5.37. The standard InChI is InChI=1S/C11H16N2O3/c12-13-11(15)6-8-16-10-3-1-9(2-4-10)5-7-14/h1-4,14H,5-8,12H2,(H,13,15). The lowest BCUT2D eigenvalue weighted by atomic mass is 10.1. The molecule has 1 rings (SSSR count). The molecule has 0 bridgehead atoms. The molecule has 0 spiro atoms. The van der Waals surface area contributed by atoms with E-state index in [4.69, 9.17) is 15.7 Å². The Morgan fingerprint density at radius 2 is 2.06 bits per heavy atom. The van der Waals surface area contributed by atoms with Crippen LogP contribution in [0.1, 0.15) is 12.0 Å². The van der Waals surface area contributed by atoms with Crippen LogP contribution in [0.4, 0.5) is 0 Å². The van der Waals surface area contributed by atoms with Gasteiger partial charge in [0, 0.05) is 6.61 Å². The molecular formula is C11H16N2O3. The van der Waals surface area contributed by atoms with E-state index < -0.39 is 0 Å². The van der Waals surface area contributed by atoms with E-state index in [1.165, 1.54) is 0 Å². The maximum absolute atomic E-state index is 10.8. The van der Waals surface area contributed by atoms with Gasteiger partial charge in [0.05, 0.1) is 13.0 Å². The molecule has 0 atom stereocenters. The van der Waals surface area contributed by atoms with Crippen molar-refractivity contribution in [3.63, 3.8) is 0 Å². The van der Waals surface area contributed by atoms with Gasteiger partial charge in [0.15, 0.2) is 0 Å². The quantitative estimate of drug-likeness (QED) is 0.360. The first-order chi connectivity index (χ1) is 7.76. The fraction of sp³-hybridized carbons (Fsp3) is 0.364. The predicted molar refractivity (Wildman–Crippen MR) is 59.7 cm³/mol. The summed E-state index contributed by atoms with van der Waals surface area (Å²) in [4.78, 5) is 10.8. The Morgan fingerprint density at radius 1 is 1.38 bits per heavy atom. The maximum Gasteiger partial charge on any atom is 0.237 e. The minimum atomic E-state index is -0.253. The Balaban J connectivity index is 2.34. The lowest BCUT2D eigenvalue weighted by Gasteiger charge is -2.06. The molecule has 1 aromatic rings. The summed E-state index contributed by atoms with van der Waals surface area (Å²) in [6.07, 6.45) is 0.866. The van der Waals surface area contributed by atoms with E-state index in [9.17, 15) is 4.79 Å². The molecular weight excluding hydrogens is 208 g/mol. The SMILES string of the molecule is NNC(=O)CCOc1ccc(CCO)cc1. The van der Waals surface area contributed by atoms with Crippen molar-refractivity contribution in [1.29, 1.82) is 0 Å². The topological polar surface area (TPSA) is 84.6 Å². The normalized spacial score (nSPS) is 9.88. The van der Waals surface area contributed by atoms with Crippen LogP contribution in [0.2, 0.25) is 0 Å². The second kappa shape index (κ2) is 6.81. The summed E-state index contributed by atoms with van der Waals surface area (Å²) < 4.78 is 5.33. The molecule has 16 heavy (non-hydrogen) atoms. The third-order valence-electron chi connectivity index (χ3n) is 2.08. The van der Waals surface area contributed by atoms with Crippen molar-refractivity contribution in [2.75, 3.05) is 13.2 Å². The number of benzene rings is 1. The van der Waals surface area contributed by atoms with Gasteiger partial charge in [0.25, 0.3) is 0 Å². The van der Waals surface area contributed by atoms with Crippen LogP contribution in [0.15, 0.2) is 24.3 Å². The first-order valence-corrected chi connectivity index (χ1v) is 5.08. The van der Waals surface area contributed by atoms with Gasteiger partial charge in [0.2, 0.25) is 5.91 Å². The van der Waals surface area contributed by atoms with Crippen LogP contribution in [0, 0.1) is 0 Å². The number of nitrogens with one attached hydrogen (secondary N) is 1. The average molecular weight is 224 g/mol. The van der Waals surface area contributed by atoms with Gasteiger partial charge in [-0.05, 0) is 24.1 Å². The van der Waals surface area contributed by atoms with Crippen molar-refractivity contribution in [2.45, 2.75) is 12.8 Å². The fourth-order valence-electron chi connectivity index (χ4n) is 1.22. The fourth-order valence-corrected chi connectivity index (χ4v) is 1.22. The van der Waals surface area contributed by atoms with E-state index in [1.807, 2.05) is 29.7 Å². The molecule has 5 nitrogen and oxygen atoms in total. The molecule has 0 saturated heterocycles. The predicted octanol–water partition coefficient (Wildman–Crippen LogP) is -0.0198. The number of ether oxygens (including phenoxy) is 1. The highest BCUT2D eigenvalue weighted by atomic mass is 16.5. The van der Waals surface area contributed by atoms with Gasteiger partial charge in [-0.25, -0.2) is 5.84 Å². The van der Waals surface area contributed by atoms with Crippen LogP contribution in [0.5, 0.6) is 5.75 Å². The zero-order valence-corrected chi connectivity index (χ0v) is 8.98. The van der Waals surface area contributed by atoms with Crippen LogP contribution < -0.4 is 16.0 Å². The monoisotopic (exact) mass is 224 g/mol. The summed E-state index contributed by atoms with van der Waals surface area (Å²) in [7, 11) is 0. The molecule has 0 aliphatic rings. The number of hydrazine groups is 1. The van der Waals surface area contributed by atoms with E-state index >= 15 is 0 Å². The number of amides is 1. The first-order valence-electron chi connectivity index (χ1n) is 5.08. The molecule has 0 aromatic heterocycles. The summed E-state index contributed by atoms with van der Waals surface area (Å²) in [5, 5.41) is 8.73. The molecule has 88 valence electrons. The minimum absolute atomic E-state index is 0.136. The Labute approximate surface area is 94.2 Å². The molecule has 0 unspecified atom stereocenters.